The minimum absolute atomic E-state index is 0.607. The van der Waals surface area contributed by atoms with Crippen LogP contribution in [0.4, 0.5) is 0 Å². The van der Waals surface area contributed by atoms with Gasteiger partial charge in [0.05, 0.1) is 0 Å². The lowest BCUT2D eigenvalue weighted by molar-refractivity contribution is 0.669. The summed E-state index contributed by atoms with van der Waals surface area (Å²) < 4.78 is 6.26. The third-order valence-corrected chi connectivity index (χ3v) is 9.29. The fourth-order valence-corrected chi connectivity index (χ4v) is 7.19. The molecule has 0 bridgehead atoms. The number of hydrogen-bond donors (Lipinski definition) is 0. The molecule has 4 heteroatoms. The van der Waals surface area contributed by atoms with Gasteiger partial charge in [-0.3, -0.25) is 0 Å². The fraction of sp³-hybridized carbons (Fsp3) is 0. The van der Waals surface area contributed by atoms with E-state index in [0.717, 1.165) is 49.8 Å². The summed E-state index contributed by atoms with van der Waals surface area (Å²) in [4.78, 5) is 15.6. The molecule has 0 atom stereocenters. The first kappa shape index (κ1) is 25.9. The normalized spacial score (nSPS) is 11.8. The third-order valence-electron chi connectivity index (χ3n) is 9.29. The predicted octanol–water partition coefficient (Wildman–Crippen LogP) is 11.2. The molecule has 1 aliphatic rings. The van der Waals surface area contributed by atoms with Crippen LogP contribution in [0, 0.1) is 0 Å². The zero-order valence-corrected chi connectivity index (χ0v) is 25.2. The second-order valence-electron chi connectivity index (χ2n) is 12.0. The van der Waals surface area contributed by atoms with Crippen LogP contribution in [0.3, 0.4) is 0 Å². The fourth-order valence-electron chi connectivity index (χ4n) is 7.19. The summed E-state index contributed by atoms with van der Waals surface area (Å²) in [6.45, 7) is 0. The van der Waals surface area contributed by atoms with Crippen molar-refractivity contribution in [2.24, 2.45) is 0 Å². The smallest absolute Gasteiger partial charge is 0.164 e. The number of furan rings is 1. The average Bonchev–Trinajstić information content (AvgIpc) is 3.68. The van der Waals surface area contributed by atoms with Crippen LogP contribution in [0.15, 0.2) is 156 Å². The van der Waals surface area contributed by atoms with Crippen molar-refractivity contribution in [1.82, 2.24) is 15.0 Å². The largest absolute Gasteiger partial charge is 0.456 e. The van der Waals surface area contributed by atoms with E-state index in [9.17, 15) is 0 Å². The molecule has 0 amide bonds. The highest BCUT2D eigenvalue weighted by Crippen LogP contribution is 2.48. The Hall–Kier alpha value is -6.39. The van der Waals surface area contributed by atoms with Gasteiger partial charge in [0.25, 0.3) is 0 Å². The Labute approximate surface area is 270 Å². The molecule has 0 N–H and O–H groups in total. The van der Waals surface area contributed by atoms with Gasteiger partial charge in [0.15, 0.2) is 17.5 Å². The van der Waals surface area contributed by atoms with Gasteiger partial charge in [-0.2, -0.15) is 0 Å². The average molecular weight is 600 g/mol. The Balaban J connectivity index is 1.23. The molecule has 47 heavy (non-hydrogen) atoms. The molecule has 218 valence electrons. The first-order valence-electron chi connectivity index (χ1n) is 15.8. The van der Waals surface area contributed by atoms with Crippen LogP contribution in [0.1, 0.15) is 0 Å². The molecule has 0 fully saturated rings. The molecule has 10 rings (SSSR count). The van der Waals surface area contributed by atoms with Crippen molar-refractivity contribution in [3.8, 4) is 67.5 Å². The highest BCUT2D eigenvalue weighted by Gasteiger charge is 2.23. The van der Waals surface area contributed by atoms with Gasteiger partial charge in [0.2, 0.25) is 0 Å². The SMILES string of the molecule is c1ccc(-c2ccccc2-c2nc(-c3ccc4c(c3)-c3cccc5cccc-4c35)nc(-c3cccc4oc5ccccc5c34)n2)cc1. The summed E-state index contributed by atoms with van der Waals surface area (Å²) in [5, 5.41) is 4.59. The van der Waals surface area contributed by atoms with Crippen molar-refractivity contribution in [3.05, 3.63) is 152 Å². The van der Waals surface area contributed by atoms with Gasteiger partial charge in [0, 0.05) is 27.5 Å². The minimum atomic E-state index is 0.607. The van der Waals surface area contributed by atoms with Crippen LogP contribution >= 0.6 is 0 Å². The summed E-state index contributed by atoms with van der Waals surface area (Å²) in [5.74, 6) is 1.86. The van der Waals surface area contributed by atoms with Gasteiger partial charge >= 0.3 is 0 Å². The molecule has 4 nitrogen and oxygen atoms in total. The van der Waals surface area contributed by atoms with Crippen molar-refractivity contribution >= 4 is 32.7 Å². The zero-order chi connectivity index (χ0) is 30.9. The summed E-state index contributed by atoms with van der Waals surface area (Å²) >= 11 is 0. The molecule has 0 saturated heterocycles. The molecular weight excluding hydrogens is 574 g/mol. The molecule has 0 spiro atoms. The molecule has 0 radical (unpaired) electrons. The maximum atomic E-state index is 6.26. The number of rotatable bonds is 4. The molecule has 0 saturated carbocycles. The number of aromatic nitrogens is 3. The topological polar surface area (TPSA) is 51.8 Å². The van der Waals surface area contributed by atoms with E-state index in [1.807, 2.05) is 42.5 Å². The molecule has 2 aromatic heterocycles. The van der Waals surface area contributed by atoms with Crippen LogP contribution in [0.25, 0.3) is 100 Å². The molecule has 9 aromatic rings. The van der Waals surface area contributed by atoms with Gasteiger partial charge < -0.3 is 4.42 Å². The van der Waals surface area contributed by atoms with Crippen molar-refractivity contribution in [2.75, 3.05) is 0 Å². The second-order valence-corrected chi connectivity index (χ2v) is 12.0. The zero-order valence-electron chi connectivity index (χ0n) is 25.2. The monoisotopic (exact) mass is 599 g/mol. The van der Waals surface area contributed by atoms with E-state index < -0.39 is 0 Å². The summed E-state index contributed by atoms with van der Waals surface area (Å²) in [7, 11) is 0. The number of nitrogens with zero attached hydrogens (tertiary/aromatic N) is 3. The first-order valence-corrected chi connectivity index (χ1v) is 15.8. The summed E-state index contributed by atoms with van der Waals surface area (Å²) in [6.07, 6.45) is 0. The molecule has 0 unspecified atom stereocenters. The number of hydrogen-bond acceptors (Lipinski definition) is 4. The van der Waals surface area contributed by atoms with E-state index >= 15 is 0 Å². The van der Waals surface area contributed by atoms with Crippen molar-refractivity contribution in [2.45, 2.75) is 0 Å². The highest BCUT2D eigenvalue weighted by atomic mass is 16.3. The quantitative estimate of drug-likeness (QED) is 0.202. The Bertz CT molecular complexity index is 2690. The van der Waals surface area contributed by atoms with Crippen LogP contribution in [0.5, 0.6) is 0 Å². The van der Waals surface area contributed by atoms with Crippen LogP contribution in [0.2, 0.25) is 0 Å². The summed E-state index contributed by atoms with van der Waals surface area (Å²) in [6, 6.07) is 52.6. The molecule has 7 aromatic carbocycles. The lowest BCUT2D eigenvalue weighted by atomic mass is 9.98. The van der Waals surface area contributed by atoms with Gasteiger partial charge in [0.1, 0.15) is 11.2 Å². The number of para-hydroxylation sites is 1. The minimum Gasteiger partial charge on any atom is -0.456 e. The van der Waals surface area contributed by atoms with Crippen molar-refractivity contribution in [1.29, 1.82) is 0 Å². The van der Waals surface area contributed by atoms with E-state index in [-0.39, 0.29) is 0 Å². The number of fused-ring (bicyclic) bond motifs is 6. The van der Waals surface area contributed by atoms with E-state index in [0.29, 0.717) is 17.5 Å². The van der Waals surface area contributed by atoms with Gasteiger partial charge in [-0.1, -0.05) is 133 Å². The summed E-state index contributed by atoms with van der Waals surface area (Å²) in [5.41, 5.74) is 11.6. The lowest BCUT2D eigenvalue weighted by Gasteiger charge is -2.13. The Morgan fingerprint density at radius 2 is 0.957 bits per heavy atom. The van der Waals surface area contributed by atoms with Gasteiger partial charge in [-0.05, 0) is 62.4 Å². The van der Waals surface area contributed by atoms with E-state index in [1.165, 1.54) is 33.0 Å². The number of benzene rings is 7. The Kier molecular flexibility index (Phi) is 5.54. The standard InChI is InChI=1S/C43H25N3O/c1-2-11-26(12-3-1)29-15-4-5-16-33(29)42-44-41(28-23-24-30-31-18-8-13-27-14-9-19-32(39(27)31)36(30)25-28)45-43(46-42)35-20-10-22-38-40(35)34-17-6-7-21-37(34)47-38/h1-25H. The van der Waals surface area contributed by atoms with Crippen LogP contribution in [-0.4, -0.2) is 15.0 Å². The van der Waals surface area contributed by atoms with Crippen molar-refractivity contribution < 1.29 is 4.42 Å². The molecule has 1 aliphatic carbocycles. The van der Waals surface area contributed by atoms with E-state index in [2.05, 4.69) is 109 Å². The van der Waals surface area contributed by atoms with Gasteiger partial charge in [-0.15, -0.1) is 0 Å². The van der Waals surface area contributed by atoms with Crippen LogP contribution in [-0.2, 0) is 0 Å². The molecule has 2 heterocycles. The van der Waals surface area contributed by atoms with E-state index in [4.69, 9.17) is 19.4 Å². The van der Waals surface area contributed by atoms with Crippen molar-refractivity contribution in [3.63, 3.8) is 0 Å². The molecular formula is C43H25N3O. The second kappa shape index (κ2) is 10.1. The maximum absolute atomic E-state index is 6.26. The van der Waals surface area contributed by atoms with E-state index in [1.54, 1.807) is 0 Å². The Morgan fingerprint density at radius 1 is 0.340 bits per heavy atom. The lowest BCUT2D eigenvalue weighted by Crippen LogP contribution is -2.01. The first-order chi connectivity index (χ1) is 23.3. The Morgan fingerprint density at radius 3 is 1.81 bits per heavy atom. The third kappa shape index (κ3) is 3.98. The highest BCUT2D eigenvalue weighted by molar-refractivity contribution is 6.16. The molecule has 0 aliphatic heterocycles. The van der Waals surface area contributed by atoms with Crippen LogP contribution < -0.4 is 0 Å². The maximum Gasteiger partial charge on any atom is 0.164 e. The van der Waals surface area contributed by atoms with Gasteiger partial charge in [-0.25, -0.2) is 15.0 Å². The predicted molar refractivity (Wildman–Crippen MR) is 191 cm³/mol.